The Kier molecular flexibility index (Phi) is 2.51. The van der Waals surface area contributed by atoms with Gasteiger partial charge in [-0.1, -0.05) is 42.5 Å². The summed E-state index contributed by atoms with van der Waals surface area (Å²) in [5.41, 5.74) is 0.874. The number of fused-ring (bicyclic) bond motifs is 1. The van der Waals surface area contributed by atoms with Gasteiger partial charge in [-0.05, 0) is 33.4 Å². The fraction of sp³-hybridized carbons (Fsp3) is 0.0909. The highest BCUT2D eigenvalue weighted by Crippen LogP contribution is 2.28. The Hall–Kier alpha value is -0.610. The van der Waals surface area contributed by atoms with E-state index in [1.807, 2.05) is 65.1 Å². The topological polar surface area (TPSA) is 19.9 Å². The van der Waals surface area contributed by atoms with E-state index in [4.69, 9.17) is 0 Å². The first-order chi connectivity index (χ1) is 6.29. The zero-order valence-corrected chi connectivity index (χ0v) is 9.06. The highest BCUT2D eigenvalue weighted by Gasteiger charge is 2.07. The third-order valence-electron chi connectivity index (χ3n) is 2.07. The van der Waals surface area contributed by atoms with Gasteiger partial charge in [0.15, 0.2) is 4.11 Å². The molecule has 2 heteroatoms. The minimum atomic E-state index is -0.677. The van der Waals surface area contributed by atoms with Gasteiger partial charge in [0.05, 0.1) is 0 Å². The second-order valence-electron chi connectivity index (χ2n) is 2.88. The summed E-state index contributed by atoms with van der Waals surface area (Å²) in [6, 6.07) is 13.8. The molecule has 0 saturated carbocycles. The Balaban J connectivity index is 2.76. The first-order valence-corrected chi connectivity index (χ1v) is 5.31. The number of rotatable bonds is 1. The SMILES string of the molecule is [O]C(I)c1cccc2ccccc12. The van der Waals surface area contributed by atoms with Crippen molar-refractivity contribution in [2.75, 3.05) is 0 Å². The Morgan fingerprint density at radius 3 is 2.46 bits per heavy atom. The van der Waals surface area contributed by atoms with Gasteiger partial charge in [-0.2, -0.15) is 0 Å². The van der Waals surface area contributed by atoms with Crippen molar-refractivity contribution < 1.29 is 5.11 Å². The van der Waals surface area contributed by atoms with Crippen molar-refractivity contribution in [3.05, 3.63) is 48.0 Å². The Bertz CT molecular complexity index is 418. The molecule has 65 valence electrons. The summed E-state index contributed by atoms with van der Waals surface area (Å²) in [6.45, 7) is 0. The van der Waals surface area contributed by atoms with E-state index in [1.54, 1.807) is 0 Å². The summed E-state index contributed by atoms with van der Waals surface area (Å²) < 4.78 is -0.677. The van der Waals surface area contributed by atoms with Crippen LogP contribution in [0, 0.1) is 0 Å². The number of halogens is 1. The van der Waals surface area contributed by atoms with Crippen LogP contribution in [0.1, 0.15) is 9.67 Å². The maximum Gasteiger partial charge on any atom is 0.169 e. The molecule has 0 aliphatic carbocycles. The van der Waals surface area contributed by atoms with Gasteiger partial charge in [-0.15, -0.1) is 0 Å². The summed E-state index contributed by atoms with van der Waals surface area (Å²) in [5.74, 6) is 0. The fourth-order valence-electron chi connectivity index (χ4n) is 1.45. The molecule has 1 nitrogen and oxygen atoms in total. The van der Waals surface area contributed by atoms with Crippen LogP contribution in [0.4, 0.5) is 0 Å². The van der Waals surface area contributed by atoms with E-state index in [0.717, 1.165) is 16.3 Å². The van der Waals surface area contributed by atoms with E-state index >= 15 is 0 Å². The van der Waals surface area contributed by atoms with Crippen molar-refractivity contribution in [2.24, 2.45) is 0 Å². The summed E-state index contributed by atoms with van der Waals surface area (Å²) in [7, 11) is 0. The second-order valence-corrected chi connectivity index (χ2v) is 4.02. The van der Waals surface area contributed by atoms with Crippen LogP contribution in [0.15, 0.2) is 42.5 Å². The summed E-state index contributed by atoms with van der Waals surface area (Å²) in [5, 5.41) is 13.5. The van der Waals surface area contributed by atoms with Gasteiger partial charge in [-0.25, -0.2) is 5.11 Å². The molecule has 2 rings (SSSR count). The lowest BCUT2D eigenvalue weighted by atomic mass is 10.1. The first-order valence-electron chi connectivity index (χ1n) is 4.06. The molecule has 0 amide bonds. The highest BCUT2D eigenvalue weighted by molar-refractivity contribution is 14.1. The minimum absolute atomic E-state index is 0.677. The third kappa shape index (κ3) is 1.69. The van der Waals surface area contributed by atoms with E-state index < -0.39 is 4.11 Å². The van der Waals surface area contributed by atoms with E-state index in [9.17, 15) is 5.11 Å². The Labute approximate surface area is 90.5 Å². The Morgan fingerprint density at radius 2 is 1.69 bits per heavy atom. The maximum atomic E-state index is 11.3. The molecule has 13 heavy (non-hydrogen) atoms. The molecule has 0 aliphatic heterocycles. The van der Waals surface area contributed by atoms with E-state index in [2.05, 4.69) is 0 Å². The molecule has 0 fully saturated rings. The van der Waals surface area contributed by atoms with Gasteiger partial charge in [0, 0.05) is 5.56 Å². The molecule has 0 aliphatic rings. The van der Waals surface area contributed by atoms with Crippen LogP contribution in [-0.4, -0.2) is 0 Å². The number of benzene rings is 2. The van der Waals surface area contributed by atoms with Crippen molar-refractivity contribution in [3.8, 4) is 0 Å². The predicted octanol–water partition coefficient (Wildman–Crippen LogP) is 3.70. The van der Waals surface area contributed by atoms with E-state index in [-0.39, 0.29) is 0 Å². The van der Waals surface area contributed by atoms with E-state index in [1.165, 1.54) is 0 Å². The molecule has 0 N–H and O–H groups in total. The molecule has 1 unspecified atom stereocenters. The zero-order chi connectivity index (χ0) is 9.26. The molecular weight excluding hydrogens is 275 g/mol. The monoisotopic (exact) mass is 283 g/mol. The Morgan fingerprint density at radius 1 is 1.00 bits per heavy atom. The lowest BCUT2D eigenvalue weighted by Gasteiger charge is -2.05. The number of hydrogen-bond donors (Lipinski definition) is 0. The summed E-state index contributed by atoms with van der Waals surface area (Å²) in [6.07, 6.45) is 0. The van der Waals surface area contributed by atoms with Crippen molar-refractivity contribution in [1.82, 2.24) is 0 Å². The molecule has 0 spiro atoms. The van der Waals surface area contributed by atoms with Crippen LogP contribution in [0.2, 0.25) is 0 Å². The van der Waals surface area contributed by atoms with Crippen LogP contribution in [0.25, 0.3) is 10.8 Å². The van der Waals surface area contributed by atoms with Gasteiger partial charge >= 0.3 is 0 Å². The normalized spacial score (nSPS) is 13.1. The predicted molar refractivity (Wildman–Crippen MR) is 61.4 cm³/mol. The average Bonchev–Trinajstić information content (AvgIpc) is 2.17. The van der Waals surface area contributed by atoms with Gasteiger partial charge < -0.3 is 0 Å². The van der Waals surface area contributed by atoms with Crippen molar-refractivity contribution in [1.29, 1.82) is 0 Å². The van der Waals surface area contributed by atoms with Crippen LogP contribution in [-0.2, 0) is 5.11 Å². The lowest BCUT2D eigenvalue weighted by Crippen LogP contribution is -1.86. The minimum Gasteiger partial charge on any atom is -0.216 e. The lowest BCUT2D eigenvalue weighted by molar-refractivity contribution is 0.183. The van der Waals surface area contributed by atoms with Crippen molar-refractivity contribution in [2.45, 2.75) is 4.11 Å². The molecule has 0 bridgehead atoms. The summed E-state index contributed by atoms with van der Waals surface area (Å²) in [4.78, 5) is 0. The molecule has 0 aromatic heterocycles. The molecule has 2 aromatic carbocycles. The molecule has 1 radical (unpaired) electrons. The third-order valence-corrected chi connectivity index (χ3v) is 2.74. The quantitative estimate of drug-likeness (QED) is 0.561. The highest BCUT2D eigenvalue weighted by atomic mass is 127. The smallest absolute Gasteiger partial charge is 0.169 e. The van der Waals surface area contributed by atoms with E-state index in [0.29, 0.717) is 0 Å². The largest absolute Gasteiger partial charge is 0.216 e. The first kappa shape index (κ1) is 8.97. The van der Waals surface area contributed by atoms with Crippen LogP contribution in [0.5, 0.6) is 0 Å². The standard InChI is InChI=1S/C11H8IO/c12-11(13)10-7-3-5-8-4-1-2-6-9(8)10/h1-7,11H. The van der Waals surface area contributed by atoms with Crippen molar-refractivity contribution >= 4 is 33.4 Å². The molecule has 0 heterocycles. The van der Waals surface area contributed by atoms with Crippen molar-refractivity contribution in [3.63, 3.8) is 0 Å². The van der Waals surface area contributed by atoms with Crippen LogP contribution < -0.4 is 0 Å². The zero-order valence-electron chi connectivity index (χ0n) is 6.91. The van der Waals surface area contributed by atoms with Gasteiger partial charge in [-0.3, -0.25) is 0 Å². The second kappa shape index (κ2) is 3.64. The molecule has 0 saturated heterocycles. The summed E-state index contributed by atoms with van der Waals surface area (Å²) >= 11 is 1.90. The fourth-order valence-corrected chi connectivity index (χ4v) is 1.99. The van der Waals surface area contributed by atoms with Gasteiger partial charge in [0.25, 0.3) is 0 Å². The van der Waals surface area contributed by atoms with Crippen LogP contribution >= 0.6 is 22.6 Å². The maximum absolute atomic E-state index is 11.3. The van der Waals surface area contributed by atoms with Gasteiger partial charge in [0.2, 0.25) is 0 Å². The molecular formula is C11H8IO. The number of alkyl halides is 1. The number of hydrogen-bond acceptors (Lipinski definition) is 0. The average molecular weight is 283 g/mol. The molecule has 1 atom stereocenters. The molecule has 2 aromatic rings. The van der Waals surface area contributed by atoms with Gasteiger partial charge in [0.1, 0.15) is 0 Å². The van der Waals surface area contributed by atoms with Crippen LogP contribution in [0.3, 0.4) is 0 Å².